The third kappa shape index (κ3) is 5.09. The monoisotopic (exact) mass is 501 g/mol. The Morgan fingerprint density at radius 3 is 2.17 bits per heavy atom. The van der Waals surface area contributed by atoms with Gasteiger partial charge < -0.3 is 29.0 Å². The molecular formula is C20H21BrClNO7. The molecule has 2 rings (SSSR count). The second kappa shape index (κ2) is 10.4. The summed E-state index contributed by atoms with van der Waals surface area (Å²) in [7, 11) is 5.76. The van der Waals surface area contributed by atoms with E-state index in [1.165, 1.54) is 47.5 Å². The van der Waals surface area contributed by atoms with Crippen LogP contribution >= 0.6 is 27.5 Å². The Morgan fingerprint density at radius 2 is 1.60 bits per heavy atom. The van der Waals surface area contributed by atoms with Gasteiger partial charge in [-0.1, -0.05) is 11.6 Å². The summed E-state index contributed by atoms with van der Waals surface area (Å²) in [6.07, 6.45) is -1.12. The molecule has 1 N–H and O–H groups in total. The molecule has 8 nitrogen and oxygen atoms in total. The van der Waals surface area contributed by atoms with Gasteiger partial charge in [-0.2, -0.15) is 0 Å². The van der Waals surface area contributed by atoms with Gasteiger partial charge in [-0.25, -0.2) is 4.79 Å². The van der Waals surface area contributed by atoms with E-state index in [0.717, 1.165) is 0 Å². The number of ether oxygens (including phenoxy) is 5. The molecule has 1 atom stereocenters. The Hall–Kier alpha value is -2.65. The number of amides is 1. The second-order valence-corrected chi connectivity index (χ2v) is 7.12. The molecule has 30 heavy (non-hydrogen) atoms. The highest BCUT2D eigenvalue weighted by Crippen LogP contribution is 2.45. The largest absolute Gasteiger partial charge is 0.495 e. The van der Waals surface area contributed by atoms with Gasteiger partial charge in [0.2, 0.25) is 5.75 Å². The number of rotatable bonds is 8. The van der Waals surface area contributed by atoms with Crippen LogP contribution in [0.3, 0.4) is 0 Å². The Balaban J connectivity index is 2.23. The lowest BCUT2D eigenvalue weighted by molar-refractivity contribution is -0.123. The molecule has 0 fully saturated rings. The summed E-state index contributed by atoms with van der Waals surface area (Å²) >= 11 is 9.28. The Morgan fingerprint density at radius 1 is 0.967 bits per heavy atom. The van der Waals surface area contributed by atoms with Crippen molar-refractivity contribution < 1.29 is 33.3 Å². The lowest BCUT2D eigenvalue weighted by Gasteiger charge is -2.18. The van der Waals surface area contributed by atoms with Crippen LogP contribution in [0.4, 0.5) is 5.69 Å². The molecule has 2 aromatic carbocycles. The van der Waals surface area contributed by atoms with Crippen molar-refractivity contribution in [3.8, 4) is 23.0 Å². The van der Waals surface area contributed by atoms with Gasteiger partial charge in [0.15, 0.2) is 17.6 Å². The first-order chi connectivity index (χ1) is 14.3. The summed E-state index contributed by atoms with van der Waals surface area (Å²) in [4.78, 5) is 25.2. The standard InChI is InChI=1S/C20H21BrClNO7/c1-10(19(24)23-13-8-11(22)6-7-14(13)26-2)30-20(25)12-9-15(27-3)17(28-4)18(29-5)16(12)21/h6-10H,1-5H3,(H,23,24). The van der Waals surface area contributed by atoms with Crippen LogP contribution in [0.1, 0.15) is 17.3 Å². The predicted octanol–water partition coefficient (Wildman–Crippen LogP) is 4.32. The fourth-order valence-electron chi connectivity index (χ4n) is 2.56. The van der Waals surface area contributed by atoms with Crippen molar-refractivity contribution in [1.29, 1.82) is 0 Å². The number of anilines is 1. The molecule has 2 aromatic rings. The molecule has 10 heteroatoms. The summed E-state index contributed by atoms with van der Waals surface area (Å²) < 4.78 is 26.6. The molecule has 0 aliphatic heterocycles. The highest BCUT2D eigenvalue weighted by atomic mass is 79.9. The van der Waals surface area contributed by atoms with Crippen molar-refractivity contribution in [2.75, 3.05) is 33.8 Å². The fraction of sp³-hybridized carbons (Fsp3) is 0.300. The van der Waals surface area contributed by atoms with Crippen LogP contribution in [0.25, 0.3) is 0 Å². The van der Waals surface area contributed by atoms with E-state index in [9.17, 15) is 9.59 Å². The Bertz CT molecular complexity index is 951. The molecule has 0 heterocycles. The minimum Gasteiger partial charge on any atom is -0.495 e. The highest BCUT2D eigenvalue weighted by molar-refractivity contribution is 9.10. The summed E-state index contributed by atoms with van der Waals surface area (Å²) in [5.41, 5.74) is 0.455. The van der Waals surface area contributed by atoms with Crippen molar-refractivity contribution in [3.05, 3.63) is 39.3 Å². The maximum absolute atomic E-state index is 12.7. The highest BCUT2D eigenvalue weighted by Gasteiger charge is 2.26. The van der Waals surface area contributed by atoms with Gasteiger partial charge in [-0.05, 0) is 47.1 Å². The molecule has 1 amide bonds. The maximum Gasteiger partial charge on any atom is 0.340 e. The van der Waals surface area contributed by atoms with Crippen molar-refractivity contribution in [2.24, 2.45) is 0 Å². The molecule has 0 aromatic heterocycles. The van der Waals surface area contributed by atoms with Crippen LogP contribution in [0.15, 0.2) is 28.7 Å². The summed E-state index contributed by atoms with van der Waals surface area (Å²) in [5.74, 6) is -0.0786. The number of esters is 1. The third-order valence-corrected chi connectivity index (χ3v) is 5.08. The number of hydrogen-bond donors (Lipinski definition) is 1. The topological polar surface area (TPSA) is 92.3 Å². The zero-order valence-corrected chi connectivity index (χ0v) is 19.3. The predicted molar refractivity (Wildman–Crippen MR) is 115 cm³/mol. The first-order valence-corrected chi connectivity index (χ1v) is 9.78. The number of carbonyl (C=O) groups is 2. The number of nitrogens with one attached hydrogen (secondary N) is 1. The molecule has 0 saturated heterocycles. The van der Waals surface area contributed by atoms with Gasteiger partial charge >= 0.3 is 5.97 Å². The zero-order valence-electron chi connectivity index (χ0n) is 17.0. The van der Waals surface area contributed by atoms with Gasteiger partial charge in [-0.15, -0.1) is 0 Å². The minimum absolute atomic E-state index is 0.101. The average molecular weight is 503 g/mol. The molecule has 1 unspecified atom stereocenters. The first-order valence-electron chi connectivity index (χ1n) is 8.61. The average Bonchev–Trinajstić information content (AvgIpc) is 2.73. The molecule has 0 radical (unpaired) electrons. The van der Waals surface area contributed by atoms with Gasteiger partial charge in [-0.3, -0.25) is 4.79 Å². The van der Waals surface area contributed by atoms with E-state index in [4.69, 9.17) is 35.3 Å². The summed E-state index contributed by atoms with van der Waals surface area (Å²) in [6.45, 7) is 1.44. The van der Waals surface area contributed by atoms with Gasteiger partial charge in [0.1, 0.15) is 5.75 Å². The van der Waals surface area contributed by atoms with E-state index in [1.807, 2.05) is 0 Å². The SMILES string of the molecule is COc1ccc(Cl)cc1NC(=O)C(C)OC(=O)c1cc(OC)c(OC)c(OC)c1Br. The normalized spacial score (nSPS) is 11.3. The van der Waals surface area contributed by atoms with E-state index in [2.05, 4.69) is 21.2 Å². The number of methoxy groups -OCH3 is 4. The van der Waals surface area contributed by atoms with Gasteiger partial charge in [0.25, 0.3) is 5.91 Å². The lowest BCUT2D eigenvalue weighted by Crippen LogP contribution is -2.30. The molecule has 0 aliphatic rings. The van der Waals surface area contributed by atoms with E-state index in [1.54, 1.807) is 12.1 Å². The number of halogens is 2. The van der Waals surface area contributed by atoms with Crippen molar-refractivity contribution in [3.63, 3.8) is 0 Å². The zero-order chi connectivity index (χ0) is 22.4. The van der Waals surface area contributed by atoms with E-state index in [0.29, 0.717) is 26.7 Å². The number of carbonyl (C=O) groups excluding carboxylic acids is 2. The van der Waals surface area contributed by atoms with Crippen LogP contribution in [-0.4, -0.2) is 46.4 Å². The number of hydrogen-bond acceptors (Lipinski definition) is 7. The quantitative estimate of drug-likeness (QED) is 0.537. The molecule has 0 aliphatic carbocycles. The van der Waals surface area contributed by atoms with Crippen LogP contribution in [0, 0.1) is 0 Å². The van der Waals surface area contributed by atoms with Crippen LogP contribution in [-0.2, 0) is 9.53 Å². The molecular weight excluding hydrogens is 482 g/mol. The lowest BCUT2D eigenvalue weighted by atomic mass is 10.1. The second-order valence-electron chi connectivity index (χ2n) is 5.89. The van der Waals surface area contributed by atoms with Crippen molar-refractivity contribution in [2.45, 2.75) is 13.0 Å². The van der Waals surface area contributed by atoms with Gasteiger partial charge in [0.05, 0.1) is 44.2 Å². The van der Waals surface area contributed by atoms with Crippen LogP contribution in [0.2, 0.25) is 5.02 Å². The van der Waals surface area contributed by atoms with Gasteiger partial charge in [0, 0.05) is 5.02 Å². The molecule has 162 valence electrons. The molecule has 0 saturated carbocycles. The van der Waals surface area contributed by atoms with E-state index in [-0.39, 0.29) is 17.1 Å². The minimum atomic E-state index is -1.12. The fourth-order valence-corrected chi connectivity index (χ4v) is 3.35. The Kier molecular flexibility index (Phi) is 8.19. The first kappa shape index (κ1) is 23.6. The number of benzene rings is 2. The van der Waals surface area contributed by atoms with E-state index >= 15 is 0 Å². The van der Waals surface area contributed by atoms with Crippen molar-refractivity contribution >= 4 is 45.1 Å². The molecule has 0 spiro atoms. The maximum atomic E-state index is 12.7. The summed E-state index contributed by atoms with van der Waals surface area (Å²) in [5, 5.41) is 3.04. The summed E-state index contributed by atoms with van der Waals surface area (Å²) in [6, 6.07) is 6.20. The molecule has 0 bridgehead atoms. The van der Waals surface area contributed by atoms with Crippen LogP contribution < -0.4 is 24.3 Å². The van der Waals surface area contributed by atoms with E-state index < -0.39 is 18.0 Å². The van der Waals surface area contributed by atoms with Crippen molar-refractivity contribution in [1.82, 2.24) is 0 Å². The third-order valence-electron chi connectivity index (χ3n) is 4.06. The smallest absolute Gasteiger partial charge is 0.340 e. The Labute approximate surface area is 187 Å². The van der Waals surface area contributed by atoms with Crippen LogP contribution in [0.5, 0.6) is 23.0 Å².